The summed E-state index contributed by atoms with van der Waals surface area (Å²) in [6, 6.07) is 15.4. The van der Waals surface area contributed by atoms with E-state index in [-0.39, 0.29) is 0 Å². The van der Waals surface area contributed by atoms with Gasteiger partial charge in [-0.15, -0.1) is 0 Å². The van der Waals surface area contributed by atoms with Gasteiger partial charge < -0.3 is 14.3 Å². The van der Waals surface area contributed by atoms with Gasteiger partial charge in [-0.1, -0.05) is 17.7 Å². The van der Waals surface area contributed by atoms with Crippen molar-refractivity contribution in [3.05, 3.63) is 66.5 Å². The number of nitrogens with one attached hydrogen (secondary N) is 1. The van der Waals surface area contributed by atoms with Crippen LogP contribution in [0, 0.1) is 0 Å². The molecule has 1 aliphatic rings. The van der Waals surface area contributed by atoms with Gasteiger partial charge >= 0.3 is 0 Å². The summed E-state index contributed by atoms with van der Waals surface area (Å²) in [5, 5.41) is 2.68. The first-order chi connectivity index (χ1) is 12.2. The number of nitrogens with zero attached hydrogens (tertiary/aromatic N) is 2. The number of benzene rings is 2. The molecule has 126 valence electrons. The Morgan fingerprint density at radius 3 is 2.72 bits per heavy atom. The third-order valence-electron chi connectivity index (χ3n) is 3.85. The number of pyridine rings is 1. The molecule has 0 unspecified atom stereocenters. The Kier molecular flexibility index (Phi) is 3.87. The van der Waals surface area contributed by atoms with Gasteiger partial charge in [0.1, 0.15) is 17.2 Å². The summed E-state index contributed by atoms with van der Waals surface area (Å²) < 4.78 is 11.5. The highest BCUT2D eigenvalue weighted by atomic mass is 16.7. The molecule has 1 N–H and O–H groups in total. The number of aromatic nitrogens is 1. The zero-order valence-corrected chi connectivity index (χ0v) is 13.9. The van der Waals surface area contributed by atoms with Crippen molar-refractivity contribution in [2.75, 3.05) is 14.2 Å². The molecule has 1 aliphatic heterocycles. The predicted octanol–water partition coefficient (Wildman–Crippen LogP) is 3.72. The van der Waals surface area contributed by atoms with Crippen LogP contribution in [-0.4, -0.2) is 24.2 Å². The fourth-order valence-electron chi connectivity index (χ4n) is 2.66. The monoisotopic (exact) mass is 335 g/mol. The maximum atomic E-state index is 6.12. The van der Waals surface area contributed by atoms with Gasteiger partial charge in [0.15, 0.2) is 5.76 Å². The predicted molar refractivity (Wildman–Crippen MR) is 94.8 cm³/mol. The highest BCUT2D eigenvalue weighted by Gasteiger charge is 2.15. The molecule has 0 radical (unpaired) electrons. The van der Waals surface area contributed by atoms with Crippen LogP contribution in [0.15, 0.2) is 60.9 Å². The maximum Gasteiger partial charge on any atom is 0.174 e. The topological polar surface area (TPSA) is 55.9 Å². The van der Waals surface area contributed by atoms with Crippen molar-refractivity contribution in [3.63, 3.8) is 0 Å². The Bertz CT molecular complexity index is 950. The molecule has 4 rings (SSSR count). The first kappa shape index (κ1) is 15.3. The van der Waals surface area contributed by atoms with Crippen LogP contribution < -0.4 is 15.1 Å². The molecule has 0 atom stereocenters. The summed E-state index contributed by atoms with van der Waals surface area (Å²) in [5.74, 6) is 2.77. The normalized spacial score (nSPS) is 13.5. The van der Waals surface area contributed by atoms with E-state index in [0.29, 0.717) is 17.3 Å². The zero-order valence-electron chi connectivity index (χ0n) is 13.9. The van der Waals surface area contributed by atoms with E-state index in [1.807, 2.05) is 61.8 Å². The molecule has 6 heteroatoms. The van der Waals surface area contributed by atoms with Crippen molar-refractivity contribution in [2.45, 2.75) is 0 Å². The Morgan fingerprint density at radius 2 is 1.92 bits per heavy atom. The smallest absolute Gasteiger partial charge is 0.174 e. The Balaban J connectivity index is 1.73. The highest BCUT2D eigenvalue weighted by Crippen LogP contribution is 2.33. The standard InChI is InChI=1S/C19H17N3O3/c1-22-12-19(25-21-22)13-9-14(23-2)11-15(10-13)24-18-7-8-20-17-6-4-3-5-16(17)18/h3-12,21H,1-2H3. The number of hydrogen-bond acceptors (Lipinski definition) is 6. The van der Waals surface area contributed by atoms with Crippen molar-refractivity contribution in [1.29, 1.82) is 0 Å². The lowest BCUT2D eigenvalue weighted by atomic mass is 10.1. The van der Waals surface area contributed by atoms with Crippen LogP contribution in [0.2, 0.25) is 0 Å². The third kappa shape index (κ3) is 3.07. The molecule has 0 bridgehead atoms. The van der Waals surface area contributed by atoms with Crippen LogP contribution in [0.25, 0.3) is 16.7 Å². The molecule has 25 heavy (non-hydrogen) atoms. The lowest BCUT2D eigenvalue weighted by Crippen LogP contribution is -2.22. The van der Waals surface area contributed by atoms with Gasteiger partial charge in [-0.05, 0) is 30.3 Å². The number of hydrazine groups is 1. The fraction of sp³-hybridized carbons (Fsp3) is 0.105. The first-order valence-electron chi connectivity index (χ1n) is 7.81. The molecule has 2 aromatic carbocycles. The van der Waals surface area contributed by atoms with E-state index >= 15 is 0 Å². The van der Waals surface area contributed by atoms with Crippen LogP contribution in [0.4, 0.5) is 0 Å². The lowest BCUT2D eigenvalue weighted by molar-refractivity contribution is 0.0649. The molecule has 2 heterocycles. The van der Waals surface area contributed by atoms with Crippen molar-refractivity contribution < 1.29 is 14.3 Å². The number of rotatable bonds is 4. The van der Waals surface area contributed by atoms with Crippen LogP contribution in [0.5, 0.6) is 17.2 Å². The molecule has 3 aromatic rings. The molecule has 0 aliphatic carbocycles. The van der Waals surface area contributed by atoms with Gasteiger partial charge in [-0.3, -0.25) is 9.99 Å². The molecule has 0 spiro atoms. The molecule has 1 aromatic heterocycles. The SMILES string of the molecule is COc1cc(Oc2ccnc3ccccc23)cc(C2=CN(C)NO2)c1. The van der Waals surface area contributed by atoms with E-state index in [9.17, 15) is 0 Å². The fourth-order valence-corrected chi connectivity index (χ4v) is 2.66. The molecular weight excluding hydrogens is 318 g/mol. The largest absolute Gasteiger partial charge is 0.497 e. The van der Waals surface area contributed by atoms with Crippen molar-refractivity contribution in [2.24, 2.45) is 0 Å². The molecular formula is C19H17N3O3. The van der Waals surface area contributed by atoms with E-state index in [4.69, 9.17) is 14.3 Å². The number of fused-ring (bicyclic) bond motifs is 1. The van der Waals surface area contributed by atoms with Crippen molar-refractivity contribution in [3.8, 4) is 17.2 Å². The van der Waals surface area contributed by atoms with E-state index in [0.717, 1.165) is 22.2 Å². The second kappa shape index (κ2) is 6.33. The van der Waals surface area contributed by atoms with Gasteiger partial charge in [-0.2, -0.15) is 0 Å². The lowest BCUT2D eigenvalue weighted by Gasteiger charge is -2.12. The summed E-state index contributed by atoms with van der Waals surface area (Å²) in [5.41, 5.74) is 4.49. The van der Waals surface area contributed by atoms with Crippen molar-refractivity contribution in [1.82, 2.24) is 15.6 Å². The van der Waals surface area contributed by atoms with Gasteiger partial charge in [-0.25, -0.2) is 0 Å². The summed E-state index contributed by atoms with van der Waals surface area (Å²) in [6.45, 7) is 0. The molecule has 0 saturated heterocycles. The number of para-hydroxylation sites is 1. The van der Waals surface area contributed by atoms with Gasteiger partial charge in [0.2, 0.25) is 0 Å². The molecule has 0 amide bonds. The van der Waals surface area contributed by atoms with E-state index in [2.05, 4.69) is 10.6 Å². The molecule has 0 saturated carbocycles. The second-order valence-electron chi connectivity index (χ2n) is 5.62. The maximum absolute atomic E-state index is 6.12. The third-order valence-corrected chi connectivity index (χ3v) is 3.85. The Hall–Kier alpha value is -3.25. The van der Waals surface area contributed by atoms with Crippen LogP contribution in [0.1, 0.15) is 5.56 Å². The summed E-state index contributed by atoms with van der Waals surface area (Å²) in [7, 11) is 3.48. The minimum atomic E-state index is 0.657. The summed E-state index contributed by atoms with van der Waals surface area (Å²) in [4.78, 5) is 9.80. The molecule has 6 nitrogen and oxygen atoms in total. The molecule has 0 fully saturated rings. The van der Waals surface area contributed by atoms with E-state index in [1.54, 1.807) is 18.3 Å². The van der Waals surface area contributed by atoms with Gasteiger partial charge in [0.05, 0.1) is 18.8 Å². The van der Waals surface area contributed by atoms with Crippen LogP contribution in [0.3, 0.4) is 0 Å². The Morgan fingerprint density at radius 1 is 1.08 bits per heavy atom. The minimum Gasteiger partial charge on any atom is -0.497 e. The van der Waals surface area contributed by atoms with Gasteiger partial charge in [0.25, 0.3) is 0 Å². The van der Waals surface area contributed by atoms with Gasteiger partial charge in [0, 0.05) is 30.3 Å². The summed E-state index contributed by atoms with van der Waals surface area (Å²) in [6.07, 6.45) is 3.58. The Labute approximate surface area is 145 Å². The van der Waals surface area contributed by atoms with Crippen LogP contribution in [-0.2, 0) is 4.84 Å². The number of hydrogen-bond donors (Lipinski definition) is 1. The van der Waals surface area contributed by atoms with Crippen molar-refractivity contribution >= 4 is 16.7 Å². The van der Waals surface area contributed by atoms with E-state index in [1.165, 1.54) is 0 Å². The average Bonchev–Trinajstić information content (AvgIpc) is 3.08. The minimum absolute atomic E-state index is 0.657. The number of ether oxygens (including phenoxy) is 2. The number of methoxy groups -OCH3 is 1. The van der Waals surface area contributed by atoms with Crippen LogP contribution >= 0.6 is 0 Å². The second-order valence-corrected chi connectivity index (χ2v) is 5.62. The van der Waals surface area contributed by atoms with E-state index < -0.39 is 0 Å². The first-order valence-corrected chi connectivity index (χ1v) is 7.81. The quantitative estimate of drug-likeness (QED) is 0.784. The zero-order chi connectivity index (χ0) is 17.2. The summed E-state index contributed by atoms with van der Waals surface area (Å²) >= 11 is 0. The average molecular weight is 335 g/mol. The highest BCUT2D eigenvalue weighted by molar-refractivity contribution is 5.85.